The quantitative estimate of drug-likeness (QED) is 0.644. The molecule has 0 saturated heterocycles. The van der Waals surface area contributed by atoms with E-state index >= 15 is 0 Å². The fraction of sp³-hybridized carbons (Fsp3) is 0.222. The van der Waals surface area contributed by atoms with Crippen molar-refractivity contribution in [3.63, 3.8) is 0 Å². The maximum Gasteiger partial charge on any atom is 0.231 e. The van der Waals surface area contributed by atoms with Gasteiger partial charge >= 0.3 is 0 Å². The van der Waals surface area contributed by atoms with Crippen LogP contribution in [0, 0.1) is 0 Å². The number of aromatic nitrogens is 1. The average molecular weight is 341 g/mol. The van der Waals surface area contributed by atoms with Crippen LogP contribution in [0.25, 0.3) is 0 Å². The van der Waals surface area contributed by atoms with Crippen LogP contribution in [0.15, 0.2) is 55.3 Å². The van der Waals surface area contributed by atoms with Gasteiger partial charge in [-0.15, -0.1) is 6.58 Å². The van der Waals surface area contributed by atoms with Crippen molar-refractivity contribution in [3.8, 4) is 11.5 Å². The number of benzene rings is 1. The summed E-state index contributed by atoms with van der Waals surface area (Å²) in [6, 6.07) is 11.8. The van der Waals surface area contributed by atoms with E-state index < -0.39 is 0 Å². The molecular weight excluding hydrogens is 322 g/mol. The number of thiocarbonyl (C=S) groups is 1. The number of fused-ring (bicyclic) bond motifs is 1. The van der Waals surface area contributed by atoms with Crippen molar-refractivity contribution in [2.75, 3.05) is 13.3 Å². The monoisotopic (exact) mass is 341 g/mol. The van der Waals surface area contributed by atoms with Crippen molar-refractivity contribution in [1.29, 1.82) is 0 Å². The van der Waals surface area contributed by atoms with Crippen molar-refractivity contribution in [1.82, 2.24) is 15.2 Å². The van der Waals surface area contributed by atoms with E-state index in [1.54, 1.807) is 12.3 Å². The first-order chi connectivity index (χ1) is 11.8. The molecule has 3 rings (SSSR count). The number of pyridine rings is 1. The molecule has 1 aromatic heterocycles. The molecule has 24 heavy (non-hydrogen) atoms. The van der Waals surface area contributed by atoms with Gasteiger partial charge in [0.2, 0.25) is 6.79 Å². The molecule has 1 aliphatic heterocycles. The first-order valence-electron chi connectivity index (χ1n) is 7.68. The molecule has 5 nitrogen and oxygen atoms in total. The molecule has 2 heterocycles. The average Bonchev–Trinajstić information content (AvgIpc) is 3.07. The Morgan fingerprint density at radius 3 is 2.92 bits per heavy atom. The summed E-state index contributed by atoms with van der Waals surface area (Å²) in [5.41, 5.74) is 2.05. The smallest absolute Gasteiger partial charge is 0.231 e. The molecule has 0 unspecified atom stereocenters. The van der Waals surface area contributed by atoms with Crippen LogP contribution in [0.4, 0.5) is 0 Å². The molecule has 0 atom stereocenters. The van der Waals surface area contributed by atoms with E-state index in [-0.39, 0.29) is 6.79 Å². The van der Waals surface area contributed by atoms with E-state index in [9.17, 15) is 0 Å². The van der Waals surface area contributed by atoms with Gasteiger partial charge in [0.1, 0.15) is 0 Å². The Balaban J connectivity index is 1.75. The van der Waals surface area contributed by atoms with Gasteiger partial charge in [0.25, 0.3) is 0 Å². The lowest BCUT2D eigenvalue weighted by atomic mass is 10.2. The molecule has 6 heteroatoms. The number of rotatable bonds is 6. The zero-order valence-electron chi connectivity index (χ0n) is 13.3. The Morgan fingerprint density at radius 1 is 1.25 bits per heavy atom. The maximum atomic E-state index is 5.52. The van der Waals surface area contributed by atoms with Crippen LogP contribution < -0.4 is 14.8 Å². The highest BCUT2D eigenvalue weighted by atomic mass is 32.1. The van der Waals surface area contributed by atoms with E-state index in [0.29, 0.717) is 24.7 Å². The Bertz CT molecular complexity index is 721. The van der Waals surface area contributed by atoms with Crippen LogP contribution in [0.3, 0.4) is 0 Å². The minimum Gasteiger partial charge on any atom is -0.454 e. The van der Waals surface area contributed by atoms with Crippen LogP contribution >= 0.6 is 12.2 Å². The first kappa shape index (κ1) is 16.3. The topological polar surface area (TPSA) is 46.6 Å². The van der Waals surface area contributed by atoms with Crippen LogP contribution in [0.5, 0.6) is 11.5 Å². The summed E-state index contributed by atoms with van der Waals surface area (Å²) in [6.45, 7) is 5.89. The predicted molar refractivity (Wildman–Crippen MR) is 96.8 cm³/mol. The highest BCUT2D eigenvalue weighted by Gasteiger charge is 2.16. The SMILES string of the molecule is C=CCNC(=S)N(Cc1ccc2c(c1)OCO2)Cc1ccccn1. The Hall–Kier alpha value is -2.60. The zero-order chi connectivity index (χ0) is 16.8. The third-order valence-electron chi connectivity index (χ3n) is 3.57. The molecule has 0 aliphatic carbocycles. The molecule has 1 N–H and O–H groups in total. The van der Waals surface area contributed by atoms with Gasteiger partial charge in [-0.05, 0) is 42.0 Å². The fourth-order valence-electron chi connectivity index (χ4n) is 2.42. The van der Waals surface area contributed by atoms with Crippen molar-refractivity contribution >= 4 is 17.3 Å². The van der Waals surface area contributed by atoms with Gasteiger partial charge in [0.05, 0.1) is 12.2 Å². The molecule has 0 fully saturated rings. The number of nitrogens with zero attached hydrogens (tertiary/aromatic N) is 2. The highest BCUT2D eigenvalue weighted by molar-refractivity contribution is 7.80. The Morgan fingerprint density at radius 2 is 2.12 bits per heavy atom. The van der Waals surface area contributed by atoms with Gasteiger partial charge in [0, 0.05) is 19.3 Å². The summed E-state index contributed by atoms with van der Waals surface area (Å²) < 4.78 is 10.8. The normalized spacial score (nSPS) is 11.8. The summed E-state index contributed by atoms with van der Waals surface area (Å²) in [5, 5.41) is 3.85. The van der Waals surface area contributed by atoms with Gasteiger partial charge in [0.15, 0.2) is 16.6 Å². The van der Waals surface area contributed by atoms with Crippen molar-refractivity contribution in [3.05, 3.63) is 66.5 Å². The van der Waals surface area contributed by atoms with Gasteiger partial charge in [-0.1, -0.05) is 18.2 Å². The molecule has 0 radical (unpaired) electrons. The van der Waals surface area contributed by atoms with Gasteiger partial charge in [-0.25, -0.2) is 0 Å². The van der Waals surface area contributed by atoms with E-state index in [1.165, 1.54) is 0 Å². The lowest BCUT2D eigenvalue weighted by Gasteiger charge is -2.25. The fourth-order valence-corrected chi connectivity index (χ4v) is 2.63. The number of ether oxygens (including phenoxy) is 2. The predicted octanol–water partition coefficient (Wildman–Crippen LogP) is 2.87. The van der Waals surface area contributed by atoms with Crippen molar-refractivity contribution in [2.45, 2.75) is 13.1 Å². The lowest BCUT2D eigenvalue weighted by Crippen LogP contribution is -2.39. The van der Waals surface area contributed by atoms with Gasteiger partial charge < -0.3 is 19.7 Å². The summed E-state index contributed by atoms with van der Waals surface area (Å²) in [4.78, 5) is 6.45. The van der Waals surface area contributed by atoms with Crippen molar-refractivity contribution in [2.24, 2.45) is 0 Å². The lowest BCUT2D eigenvalue weighted by molar-refractivity contribution is 0.174. The second kappa shape index (κ2) is 7.79. The number of hydrogen-bond acceptors (Lipinski definition) is 4. The largest absolute Gasteiger partial charge is 0.454 e. The Kier molecular flexibility index (Phi) is 5.28. The second-order valence-electron chi connectivity index (χ2n) is 5.34. The van der Waals surface area contributed by atoms with E-state index in [2.05, 4.69) is 21.8 Å². The summed E-state index contributed by atoms with van der Waals surface area (Å²) in [6.07, 6.45) is 3.57. The van der Waals surface area contributed by atoms with Gasteiger partial charge in [-0.2, -0.15) is 0 Å². The minimum atomic E-state index is 0.274. The molecule has 0 amide bonds. The molecule has 1 aromatic carbocycles. The maximum absolute atomic E-state index is 5.52. The Labute approximate surface area is 146 Å². The van der Waals surface area contributed by atoms with E-state index in [1.807, 2.05) is 36.4 Å². The summed E-state index contributed by atoms with van der Waals surface area (Å²) >= 11 is 5.52. The number of hydrogen-bond donors (Lipinski definition) is 1. The third-order valence-corrected chi connectivity index (χ3v) is 3.98. The standard InChI is InChI=1S/C18H19N3O2S/c1-2-8-20-18(24)21(12-15-5-3-4-9-19-15)11-14-6-7-16-17(10-14)23-13-22-16/h2-7,9-10H,1,8,11-13H2,(H,20,24). The summed E-state index contributed by atoms with van der Waals surface area (Å²) in [7, 11) is 0. The molecule has 0 bridgehead atoms. The van der Waals surface area contributed by atoms with Crippen LogP contribution in [0.2, 0.25) is 0 Å². The second-order valence-corrected chi connectivity index (χ2v) is 5.73. The molecular formula is C18H19N3O2S. The molecule has 1 aliphatic rings. The van der Waals surface area contributed by atoms with E-state index in [4.69, 9.17) is 21.7 Å². The zero-order valence-corrected chi connectivity index (χ0v) is 14.1. The summed E-state index contributed by atoms with van der Waals surface area (Å²) in [5.74, 6) is 1.55. The molecule has 0 spiro atoms. The highest BCUT2D eigenvalue weighted by Crippen LogP contribution is 2.32. The van der Waals surface area contributed by atoms with Crippen LogP contribution in [0.1, 0.15) is 11.3 Å². The molecule has 0 saturated carbocycles. The first-order valence-corrected chi connectivity index (χ1v) is 8.09. The van der Waals surface area contributed by atoms with E-state index in [0.717, 1.165) is 22.8 Å². The minimum absolute atomic E-state index is 0.274. The molecule has 2 aromatic rings. The van der Waals surface area contributed by atoms with Crippen LogP contribution in [-0.2, 0) is 13.1 Å². The van der Waals surface area contributed by atoms with Crippen molar-refractivity contribution < 1.29 is 9.47 Å². The third kappa shape index (κ3) is 4.02. The van der Waals surface area contributed by atoms with Crippen LogP contribution in [-0.4, -0.2) is 28.3 Å². The van der Waals surface area contributed by atoms with Gasteiger partial charge in [-0.3, -0.25) is 4.98 Å². The number of nitrogens with one attached hydrogen (secondary N) is 1. The molecule has 124 valence electrons.